The summed E-state index contributed by atoms with van der Waals surface area (Å²) in [5.41, 5.74) is 16.0. The van der Waals surface area contributed by atoms with Crippen LogP contribution in [0.3, 0.4) is 0 Å². The van der Waals surface area contributed by atoms with Gasteiger partial charge < -0.3 is 0 Å². The largest absolute Gasteiger partial charge is 0.0801 e. The van der Waals surface area contributed by atoms with Crippen molar-refractivity contribution in [2.75, 3.05) is 0 Å². The van der Waals surface area contributed by atoms with Gasteiger partial charge in [0.1, 0.15) is 0 Å². The third-order valence-corrected chi connectivity index (χ3v) is 7.27. The third kappa shape index (κ3) is 3.91. The highest BCUT2D eigenvalue weighted by molar-refractivity contribution is 5.90. The second kappa shape index (κ2) is 8.36. The SMILES string of the molecule is CCCc1c(CCC)c(C(C)(C)C)c(C2=CC=CC2)c2c1-c1ccc(C(C)(C)C)cc1C2. The van der Waals surface area contributed by atoms with Gasteiger partial charge in [-0.25, -0.2) is 0 Å². The molecule has 0 N–H and O–H groups in total. The molecule has 2 aliphatic carbocycles. The van der Waals surface area contributed by atoms with Crippen molar-refractivity contribution in [1.82, 2.24) is 0 Å². The molecule has 2 aromatic carbocycles. The van der Waals surface area contributed by atoms with E-state index in [-0.39, 0.29) is 10.8 Å². The average Bonchev–Trinajstić information content (AvgIpc) is 3.35. The lowest BCUT2D eigenvalue weighted by Gasteiger charge is -2.32. The van der Waals surface area contributed by atoms with E-state index in [4.69, 9.17) is 0 Å². The molecule has 0 nitrogen and oxygen atoms in total. The van der Waals surface area contributed by atoms with Crippen LogP contribution >= 0.6 is 0 Å². The summed E-state index contributed by atoms with van der Waals surface area (Å²) in [6.45, 7) is 19.0. The lowest BCUT2D eigenvalue weighted by molar-refractivity contribution is 0.576. The first-order valence-corrected chi connectivity index (χ1v) is 12.8. The van der Waals surface area contributed by atoms with E-state index in [1.807, 2.05) is 0 Å². The van der Waals surface area contributed by atoms with E-state index in [9.17, 15) is 0 Å². The highest BCUT2D eigenvalue weighted by atomic mass is 14.4. The van der Waals surface area contributed by atoms with Gasteiger partial charge in [-0.3, -0.25) is 0 Å². The number of benzene rings is 2. The molecule has 0 unspecified atom stereocenters. The van der Waals surface area contributed by atoms with Gasteiger partial charge in [-0.1, -0.05) is 105 Å². The molecule has 0 spiro atoms. The average molecular weight is 427 g/mol. The molecule has 0 heterocycles. The molecular formula is C32H42. The highest BCUT2D eigenvalue weighted by Gasteiger charge is 2.34. The maximum absolute atomic E-state index is 2.51. The summed E-state index contributed by atoms with van der Waals surface area (Å²) in [5, 5.41) is 0. The van der Waals surface area contributed by atoms with Gasteiger partial charge in [0.15, 0.2) is 0 Å². The topological polar surface area (TPSA) is 0 Å². The molecule has 0 heteroatoms. The summed E-state index contributed by atoms with van der Waals surface area (Å²) < 4.78 is 0. The van der Waals surface area contributed by atoms with Gasteiger partial charge in [0.25, 0.3) is 0 Å². The van der Waals surface area contributed by atoms with Gasteiger partial charge in [-0.2, -0.15) is 0 Å². The molecule has 4 rings (SSSR count). The summed E-state index contributed by atoms with van der Waals surface area (Å²) in [6.07, 6.45) is 13.9. The van der Waals surface area contributed by atoms with Gasteiger partial charge in [-0.15, -0.1) is 0 Å². The van der Waals surface area contributed by atoms with Crippen LogP contribution in [0.4, 0.5) is 0 Å². The molecule has 32 heavy (non-hydrogen) atoms. The first-order chi connectivity index (χ1) is 15.1. The fourth-order valence-electron chi connectivity index (χ4n) is 5.92. The van der Waals surface area contributed by atoms with Crippen LogP contribution in [0.5, 0.6) is 0 Å². The van der Waals surface area contributed by atoms with Crippen LogP contribution in [-0.4, -0.2) is 0 Å². The third-order valence-electron chi connectivity index (χ3n) is 7.27. The predicted molar refractivity (Wildman–Crippen MR) is 142 cm³/mol. The molecule has 0 aliphatic heterocycles. The molecule has 0 radical (unpaired) electrons. The van der Waals surface area contributed by atoms with Crippen LogP contribution in [0, 0.1) is 0 Å². The second-order valence-corrected chi connectivity index (χ2v) is 11.9. The van der Waals surface area contributed by atoms with E-state index in [2.05, 4.69) is 91.8 Å². The summed E-state index contributed by atoms with van der Waals surface area (Å²) in [7, 11) is 0. The van der Waals surface area contributed by atoms with Crippen LogP contribution in [0.2, 0.25) is 0 Å². The van der Waals surface area contributed by atoms with Gasteiger partial charge in [0, 0.05) is 0 Å². The molecule has 0 fully saturated rings. The number of hydrogen-bond donors (Lipinski definition) is 0. The van der Waals surface area contributed by atoms with E-state index in [0.717, 1.165) is 12.8 Å². The van der Waals surface area contributed by atoms with Crippen LogP contribution in [0.15, 0.2) is 36.4 Å². The van der Waals surface area contributed by atoms with E-state index in [1.165, 1.54) is 47.9 Å². The van der Waals surface area contributed by atoms with Crippen LogP contribution in [0.1, 0.15) is 114 Å². The van der Waals surface area contributed by atoms with Crippen molar-refractivity contribution < 1.29 is 0 Å². The Kier molecular flexibility index (Phi) is 6.03. The fourth-order valence-corrected chi connectivity index (χ4v) is 5.92. The van der Waals surface area contributed by atoms with E-state index in [0.29, 0.717) is 0 Å². The van der Waals surface area contributed by atoms with Crippen molar-refractivity contribution in [1.29, 1.82) is 0 Å². The van der Waals surface area contributed by atoms with E-state index < -0.39 is 0 Å². The molecule has 2 aromatic rings. The standard InChI is InChI=1S/C32H42/c1-9-13-25-26(14-10-2)30(32(6,7)8)28(21-15-11-12-16-21)27-20-22-19-23(31(3,4)5)17-18-24(22)29(25)27/h11-12,15,17-19H,9-10,13-14,16,20H2,1-8H3. The molecule has 2 aliphatic rings. The van der Waals surface area contributed by atoms with Crippen molar-refractivity contribution in [3.05, 3.63) is 75.4 Å². The van der Waals surface area contributed by atoms with Crippen molar-refractivity contribution in [3.8, 4) is 11.1 Å². The summed E-state index contributed by atoms with van der Waals surface area (Å²) >= 11 is 0. The molecule has 0 saturated heterocycles. The van der Waals surface area contributed by atoms with Crippen molar-refractivity contribution in [2.24, 2.45) is 0 Å². The van der Waals surface area contributed by atoms with Crippen LogP contribution in [-0.2, 0) is 30.1 Å². The minimum atomic E-state index is 0.131. The summed E-state index contributed by atoms with van der Waals surface area (Å²) in [5.74, 6) is 0. The smallest absolute Gasteiger partial charge is 0.000708 e. The maximum Gasteiger partial charge on any atom is -0.000708 e. The van der Waals surface area contributed by atoms with Crippen LogP contribution < -0.4 is 0 Å². The lowest BCUT2D eigenvalue weighted by atomic mass is 9.72. The van der Waals surface area contributed by atoms with Crippen molar-refractivity contribution in [3.63, 3.8) is 0 Å². The summed E-state index contributed by atoms with van der Waals surface area (Å²) in [4.78, 5) is 0. The van der Waals surface area contributed by atoms with Gasteiger partial charge in [0.2, 0.25) is 0 Å². The molecule has 170 valence electrons. The first kappa shape index (κ1) is 23.1. The lowest BCUT2D eigenvalue weighted by Crippen LogP contribution is -2.21. The first-order valence-electron chi connectivity index (χ1n) is 12.8. The minimum absolute atomic E-state index is 0.131. The zero-order valence-electron chi connectivity index (χ0n) is 21.7. The Hall–Kier alpha value is -2.08. The van der Waals surface area contributed by atoms with Gasteiger partial charge >= 0.3 is 0 Å². The Labute approximate surface area is 196 Å². The Bertz CT molecular complexity index is 1090. The predicted octanol–water partition coefficient (Wildman–Crippen LogP) is 9.10. The molecule has 0 amide bonds. The molecule has 0 aromatic heterocycles. The zero-order chi connectivity index (χ0) is 23.3. The van der Waals surface area contributed by atoms with Crippen LogP contribution in [0.25, 0.3) is 16.7 Å². The summed E-state index contributed by atoms with van der Waals surface area (Å²) in [6, 6.07) is 7.34. The minimum Gasteiger partial charge on any atom is -0.0801 e. The Morgan fingerprint density at radius 2 is 1.50 bits per heavy atom. The van der Waals surface area contributed by atoms with E-state index in [1.54, 1.807) is 33.4 Å². The van der Waals surface area contributed by atoms with E-state index >= 15 is 0 Å². The number of hydrogen-bond acceptors (Lipinski definition) is 0. The molecule has 0 saturated carbocycles. The number of allylic oxidation sites excluding steroid dienone is 4. The van der Waals surface area contributed by atoms with Crippen molar-refractivity contribution >= 4 is 5.57 Å². The quantitative estimate of drug-likeness (QED) is 0.381. The Balaban J connectivity index is 2.09. The fraction of sp³-hybridized carbons (Fsp3) is 0.500. The monoisotopic (exact) mass is 426 g/mol. The van der Waals surface area contributed by atoms with Crippen molar-refractivity contribution in [2.45, 2.75) is 105 Å². The van der Waals surface area contributed by atoms with Gasteiger partial charge in [0.05, 0.1) is 0 Å². The Morgan fingerprint density at radius 3 is 2.06 bits per heavy atom. The highest BCUT2D eigenvalue weighted by Crippen LogP contribution is 2.50. The number of fused-ring (bicyclic) bond motifs is 3. The normalized spacial score (nSPS) is 15.2. The molecule has 0 atom stereocenters. The maximum atomic E-state index is 2.51. The molecule has 0 bridgehead atoms. The second-order valence-electron chi connectivity index (χ2n) is 11.9. The number of rotatable bonds is 5. The zero-order valence-corrected chi connectivity index (χ0v) is 21.7. The Morgan fingerprint density at radius 1 is 0.812 bits per heavy atom. The van der Waals surface area contributed by atoms with Gasteiger partial charge in [-0.05, 0) is 92.2 Å². The molecular weight excluding hydrogens is 384 g/mol.